The summed E-state index contributed by atoms with van der Waals surface area (Å²) in [5.74, 6) is -0.191. The predicted molar refractivity (Wildman–Crippen MR) is 73.5 cm³/mol. The standard InChI is InChI=1S/C13H18N2O4S/c1-11(16)14-10-12-4-2-3-5-13(12)20(17,18)15-6-8-19-9-7-15/h2-5H,6-10H2,1H3,(H,14,16). The highest BCUT2D eigenvalue weighted by Crippen LogP contribution is 2.21. The highest BCUT2D eigenvalue weighted by atomic mass is 32.2. The molecule has 1 aromatic carbocycles. The van der Waals surface area contributed by atoms with Gasteiger partial charge < -0.3 is 10.1 Å². The fourth-order valence-electron chi connectivity index (χ4n) is 2.05. The van der Waals surface area contributed by atoms with E-state index in [1.165, 1.54) is 11.2 Å². The van der Waals surface area contributed by atoms with Crippen molar-refractivity contribution < 1.29 is 17.9 Å². The van der Waals surface area contributed by atoms with E-state index in [2.05, 4.69) is 5.32 Å². The first-order chi connectivity index (χ1) is 9.51. The number of sulfonamides is 1. The molecule has 0 radical (unpaired) electrons. The minimum absolute atomic E-state index is 0.191. The van der Waals surface area contributed by atoms with E-state index in [1.54, 1.807) is 24.3 Å². The summed E-state index contributed by atoms with van der Waals surface area (Å²) in [6, 6.07) is 6.73. The summed E-state index contributed by atoms with van der Waals surface area (Å²) in [6.45, 7) is 3.14. The fourth-order valence-corrected chi connectivity index (χ4v) is 3.68. The fraction of sp³-hybridized carbons (Fsp3) is 0.462. The van der Waals surface area contributed by atoms with Crippen molar-refractivity contribution in [2.75, 3.05) is 26.3 Å². The van der Waals surface area contributed by atoms with E-state index < -0.39 is 10.0 Å². The van der Waals surface area contributed by atoms with Crippen LogP contribution in [-0.2, 0) is 26.1 Å². The van der Waals surface area contributed by atoms with Gasteiger partial charge in [0.15, 0.2) is 0 Å². The second-order valence-corrected chi connectivity index (χ2v) is 6.44. The van der Waals surface area contributed by atoms with Crippen molar-refractivity contribution in [2.24, 2.45) is 0 Å². The van der Waals surface area contributed by atoms with Crippen LogP contribution in [0.4, 0.5) is 0 Å². The number of hydrogen-bond acceptors (Lipinski definition) is 4. The Hall–Kier alpha value is -1.44. The Morgan fingerprint density at radius 3 is 2.60 bits per heavy atom. The predicted octanol–water partition coefficient (Wildman–Crippen LogP) is 0.344. The SMILES string of the molecule is CC(=O)NCc1ccccc1S(=O)(=O)N1CCOCC1. The number of rotatable bonds is 4. The molecule has 0 unspecified atom stereocenters. The largest absolute Gasteiger partial charge is 0.379 e. The average molecular weight is 298 g/mol. The molecule has 0 aliphatic carbocycles. The monoisotopic (exact) mass is 298 g/mol. The quantitative estimate of drug-likeness (QED) is 0.870. The first kappa shape index (κ1) is 15.0. The Morgan fingerprint density at radius 2 is 1.95 bits per heavy atom. The van der Waals surface area contributed by atoms with Crippen LogP contribution in [0.25, 0.3) is 0 Å². The number of carbonyl (C=O) groups excluding carboxylic acids is 1. The molecule has 0 spiro atoms. The normalized spacial score (nSPS) is 16.9. The first-order valence-electron chi connectivity index (χ1n) is 6.42. The molecule has 0 bridgehead atoms. The zero-order chi connectivity index (χ0) is 14.6. The van der Waals surface area contributed by atoms with Gasteiger partial charge in [-0.3, -0.25) is 4.79 Å². The van der Waals surface area contributed by atoms with Crippen LogP contribution in [0.3, 0.4) is 0 Å². The van der Waals surface area contributed by atoms with Crippen LogP contribution in [0.15, 0.2) is 29.2 Å². The number of ether oxygens (including phenoxy) is 1. The highest BCUT2D eigenvalue weighted by Gasteiger charge is 2.28. The number of benzene rings is 1. The Morgan fingerprint density at radius 1 is 1.30 bits per heavy atom. The molecule has 110 valence electrons. The lowest BCUT2D eigenvalue weighted by molar-refractivity contribution is -0.119. The van der Waals surface area contributed by atoms with E-state index in [-0.39, 0.29) is 17.3 Å². The minimum Gasteiger partial charge on any atom is -0.379 e. The Balaban J connectivity index is 2.28. The van der Waals surface area contributed by atoms with Gasteiger partial charge in [0.25, 0.3) is 0 Å². The third kappa shape index (κ3) is 3.36. The van der Waals surface area contributed by atoms with Crippen LogP contribution >= 0.6 is 0 Å². The maximum Gasteiger partial charge on any atom is 0.243 e. The third-order valence-corrected chi connectivity index (χ3v) is 5.09. The Kier molecular flexibility index (Phi) is 4.74. The molecule has 1 aromatic rings. The van der Waals surface area contributed by atoms with Crippen molar-refractivity contribution in [3.63, 3.8) is 0 Å². The van der Waals surface area contributed by atoms with Crippen molar-refractivity contribution in [3.05, 3.63) is 29.8 Å². The van der Waals surface area contributed by atoms with Gasteiger partial charge in [-0.1, -0.05) is 18.2 Å². The van der Waals surface area contributed by atoms with Crippen molar-refractivity contribution >= 4 is 15.9 Å². The molecule has 1 N–H and O–H groups in total. The van der Waals surface area contributed by atoms with Crippen LogP contribution in [0, 0.1) is 0 Å². The van der Waals surface area contributed by atoms with Gasteiger partial charge in [-0.2, -0.15) is 4.31 Å². The van der Waals surface area contributed by atoms with Crippen molar-refractivity contribution in [3.8, 4) is 0 Å². The molecule has 6 nitrogen and oxygen atoms in total. The van der Waals surface area contributed by atoms with Gasteiger partial charge in [0.2, 0.25) is 15.9 Å². The van der Waals surface area contributed by atoms with Crippen LogP contribution in [0.2, 0.25) is 0 Å². The van der Waals surface area contributed by atoms with E-state index in [4.69, 9.17) is 4.74 Å². The molecule has 0 saturated carbocycles. The van der Waals surface area contributed by atoms with Gasteiger partial charge in [0.05, 0.1) is 18.1 Å². The molecular weight excluding hydrogens is 280 g/mol. The molecule has 1 aliphatic heterocycles. The lowest BCUT2D eigenvalue weighted by Crippen LogP contribution is -2.41. The van der Waals surface area contributed by atoms with Crippen molar-refractivity contribution in [2.45, 2.75) is 18.4 Å². The lowest BCUT2D eigenvalue weighted by atomic mass is 10.2. The lowest BCUT2D eigenvalue weighted by Gasteiger charge is -2.27. The summed E-state index contributed by atoms with van der Waals surface area (Å²) in [4.78, 5) is 11.2. The minimum atomic E-state index is -3.54. The summed E-state index contributed by atoms with van der Waals surface area (Å²) in [5.41, 5.74) is 0.592. The molecule has 1 aliphatic rings. The summed E-state index contributed by atoms with van der Waals surface area (Å²) >= 11 is 0. The molecule has 7 heteroatoms. The van der Waals surface area contributed by atoms with E-state index in [9.17, 15) is 13.2 Å². The molecule has 1 saturated heterocycles. The molecule has 2 rings (SSSR count). The van der Waals surface area contributed by atoms with E-state index in [0.29, 0.717) is 31.9 Å². The first-order valence-corrected chi connectivity index (χ1v) is 7.86. The average Bonchev–Trinajstić information content (AvgIpc) is 2.46. The highest BCUT2D eigenvalue weighted by molar-refractivity contribution is 7.89. The molecular formula is C13H18N2O4S. The van der Waals surface area contributed by atoms with Gasteiger partial charge in [-0.15, -0.1) is 0 Å². The second-order valence-electron chi connectivity index (χ2n) is 4.53. The van der Waals surface area contributed by atoms with Crippen LogP contribution in [0.1, 0.15) is 12.5 Å². The van der Waals surface area contributed by atoms with Gasteiger partial charge in [-0.25, -0.2) is 8.42 Å². The van der Waals surface area contributed by atoms with Gasteiger partial charge >= 0.3 is 0 Å². The number of morpholine rings is 1. The smallest absolute Gasteiger partial charge is 0.243 e. The van der Waals surface area contributed by atoms with Crippen molar-refractivity contribution in [1.29, 1.82) is 0 Å². The number of amides is 1. The molecule has 1 heterocycles. The summed E-state index contributed by atoms with van der Waals surface area (Å²) in [6.07, 6.45) is 0. The number of hydrogen-bond donors (Lipinski definition) is 1. The van der Waals surface area contributed by atoms with Crippen LogP contribution < -0.4 is 5.32 Å². The molecule has 0 aromatic heterocycles. The zero-order valence-corrected chi connectivity index (χ0v) is 12.1. The molecule has 20 heavy (non-hydrogen) atoms. The van der Waals surface area contributed by atoms with Crippen molar-refractivity contribution in [1.82, 2.24) is 9.62 Å². The maximum atomic E-state index is 12.6. The topological polar surface area (TPSA) is 75.7 Å². The number of carbonyl (C=O) groups is 1. The van der Waals surface area contributed by atoms with E-state index >= 15 is 0 Å². The maximum absolute atomic E-state index is 12.6. The third-order valence-electron chi connectivity index (χ3n) is 3.09. The van der Waals surface area contributed by atoms with Gasteiger partial charge in [0.1, 0.15) is 0 Å². The summed E-state index contributed by atoms with van der Waals surface area (Å²) in [5, 5.41) is 2.63. The molecule has 1 fully saturated rings. The van der Waals surface area contributed by atoms with Gasteiger partial charge in [-0.05, 0) is 11.6 Å². The van der Waals surface area contributed by atoms with Crippen LogP contribution in [0.5, 0.6) is 0 Å². The summed E-state index contributed by atoms with van der Waals surface area (Å²) in [7, 11) is -3.54. The van der Waals surface area contributed by atoms with E-state index in [1.807, 2.05) is 0 Å². The van der Waals surface area contributed by atoms with Crippen LogP contribution in [-0.4, -0.2) is 44.9 Å². The molecule has 0 atom stereocenters. The molecule has 1 amide bonds. The second kappa shape index (κ2) is 6.34. The van der Waals surface area contributed by atoms with Gasteiger partial charge in [0, 0.05) is 26.6 Å². The summed E-state index contributed by atoms with van der Waals surface area (Å²) < 4.78 is 31.8. The number of nitrogens with one attached hydrogen (secondary N) is 1. The Labute approximate surface area is 118 Å². The Bertz CT molecular complexity index is 580. The van der Waals surface area contributed by atoms with E-state index in [0.717, 1.165) is 0 Å². The zero-order valence-electron chi connectivity index (χ0n) is 11.3. The number of nitrogens with zero attached hydrogens (tertiary/aromatic N) is 1.